The Labute approximate surface area is 122 Å². The third-order valence-corrected chi connectivity index (χ3v) is 3.65. The lowest BCUT2D eigenvalue weighted by Crippen LogP contribution is -2.29. The molecule has 20 heavy (non-hydrogen) atoms. The average molecular weight is 268 g/mol. The highest BCUT2D eigenvalue weighted by Gasteiger charge is 2.17. The van der Waals surface area contributed by atoms with Crippen molar-refractivity contribution in [1.29, 1.82) is 0 Å². The molecule has 0 saturated carbocycles. The van der Waals surface area contributed by atoms with Crippen LogP contribution in [-0.2, 0) is 5.54 Å². The first-order chi connectivity index (χ1) is 9.29. The molecule has 2 N–H and O–H groups in total. The van der Waals surface area contributed by atoms with Crippen molar-refractivity contribution < 1.29 is 0 Å². The summed E-state index contributed by atoms with van der Waals surface area (Å²) in [5.41, 5.74) is 11.4. The molecule has 0 bridgehead atoms. The standard InChI is InChI=1S/C18H24N2/c1-12(2)14-6-8-15(9-7-14)17-11-10-16(13(3)20-17)18(4,5)19/h6-12H,19H2,1-5H3. The van der Waals surface area contributed by atoms with Gasteiger partial charge in [0.25, 0.3) is 0 Å². The summed E-state index contributed by atoms with van der Waals surface area (Å²) in [6.45, 7) is 10.4. The van der Waals surface area contributed by atoms with Crippen LogP contribution < -0.4 is 5.73 Å². The quantitative estimate of drug-likeness (QED) is 0.897. The van der Waals surface area contributed by atoms with Crippen LogP contribution in [0.5, 0.6) is 0 Å². The highest BCUT2D eigenvalue weighted by molar-refractivity contribution is 5.60. The van der Waals surface area contributed by atoms with Gasteiger partial charge in [0.1, 0.15) is 0 Å². The molecule has 2 rings (SSSR count). The molecule has 106 valence electrons. The second-order valence-corrected chi connectivity index (χ2v) is 6.33. The lowest BCUT2D eigenvalue weighted by atomic mass is 9.93. The molecule has 2 heteroatoms. The summed E-state index contributed by atoms with van der Waals surface area (Å²) in [6, 6.07) is 12.8. The number of hydrogen-bond donors (Lipinski definition) is 1. The minimum Gasteiger partial charge on any atom is -0.322 e. The molecule has 2 aromatic rings. The van der Waals surface area contributed by atoms with Crippen LogP contribution in [0.2, 0.25) is 0 Å². The van der Waals surface area contributed by atoms with Crippen LogP contribution in [-0.4, -0.2) is 4.98 Å². The summed E-state index contributed by atoms with van der Waals surface area (Å²) in [6.07, 6.45) is 0. The first-order valence-corrected chi connectivity index (χ1v) is 7.16. The smallest absolute Gasteiger partial charge is 0.0705 e. The fourth-order valence-corrected chi connectivity index (χ4v) is 2.44. The number of hydrogen-bond acceptors (Lipinski definition) is 2. The van der Waals surface area contributed by atoms with Gasteiger partial charge in [0.05, 0.1) is 5.69 Å². The predicted octanol–water partition coefficient (Wildman–Crippen LogP) is 4.37. The van der Waals surface area contributed by atoms with E-state index >= 15 is 0 Å². The Morgan fingerprint density at radius 1 is 1.00 bits per heavy atom. The summed E-state index contributed by atoms with van der Waals surface area (Å²) in [4.78, 5) is 4.70. The van der Waals surface area contributed by atoms with Crippen molar-refractivity contribution in [3.05, 3.63) is 53.2 Å². The van der Waals surface area contributed by atoms with E-state index in [2.05, 4.69) is 50.2 Å². The lowest BCUT2D eigenvalue weighted by molar-refractivity contribution is 0.548. The molecule has 0 unspecified atom stereocenters. The van der Waals surface area contributed by atoms with Crippen molar-refractivity contribution in [1.82, 2.24) is 4.98 Å². The zero-order valence-electron chi connectivity index (χ0n) is 13.1. The Morgan fingerprint density at radius 2 is 1.60 bits per heavy atom. The zero-order valence-corrected chi connectivity index (χ0v) is 13.1. The third-order valence-electron chi connectivity index (χ3n) is 3.65. The van der Waals surface area contributed by atoms with Crippen LogP contribution in [0.25, 0.3) is 11.3 Å². The van der Waals surface area contributed by atoms with Crippen molar-refractivity contribution in [3.8, 4) is 11.3 Å². The summed E-state index contributed by atoms with van der Waals surface area (Å²) >= 11 is 0. The number of nitrogens with two attached hydrogens (primary N) is 1. The minimum absolute atomic E-state index is 0.350. The molecule has 0 fully saturated rings. The van der Waals surface area contributed by atoms with E-state index in [0.717, 1.165) is 22.5 Å². The number of aryl methyl sites for hydroxylation is 1. The largest absolute Gasteiger partial charge is 0.322 e. The first kappa shape index (κ1) is 14.7. The van der Waals surface area contributed by atoms with Gasteiger partial charge in [0, 0.05) is 16.8 Å². The maximum absolute atomic E-state index is 6.16. The van der Waals surface area contributed by atoms with Crippen molar-refractivity contribution in [3.63, 3.8) is 0 Å². The highest BCUT2D eigenvalue weighted by Crippen LogP contribution is 2.25. The molecule has 1 aromatic heterocycles. The Hall–Kier alpha value is -1.67. The molecule has 0 aliphatic heterocycles. The Bertz CT molecular complexity index is 590. The molecule has 1 heterocycles. The van der Waals surface area contributed by atoms with E-state index in [9.17, 15) is 0 Å². The Kier molecular flexibility index (Phi) is 3.96. The number of benzene rings is 1. The van der Waals surface area contributed by atoms with Gasteiger partial charge in [-0.15, -0.1) is 0 Å². The Morgan fingerprint density at radius 3 is 2.05 bits per heavy atom. The second-order valence-electron chi connectivity index (χ2n) is 6.33. The van der Waals surface area contributed by atoms with Crippen molar-refractivity contribution in [2.75, 3.05) is 0 Å². The molecule has 0 saturated heterocycles. The number of nitrogens with zero attached hydrogens (tertiary/aromatic N) is 1. The van der Waals surface area contributed by atoms with Gasteiger partial charge in [-0.1, -0.05) is 44.2 Å². The van der Waals surface area contributed by atoms with Crippen molar-refractivity contribution >= 4 is 0 Å². The zero-order chi connectivity index (χ0) is 14.9. The predicted molar refractivity (Wildman–Crippen MR) is 85.7 cm³/mol. The minimum atomic E-state index is -0.350. The fraction of sp³-hybridized carbons (Fsp3) is 0.389. The fourth-order valence-electron chi connectivity index (χ4n) is 2.44. The van der Waals surface area contributed by atoms with E-state index in [-0.39, 0.29) is 5.54 Å². The van der Waals surface area contributed by atoms with Gasteiger partial charge in [0.2, 0.25) is 0 Å². The monoisotopic (exact) mass is 268 g/mol. The van der Waals surface area contributed by atoms with Gasteiger partial charge >= 0.3 is 0 Å². The topological polar surface area (TPSA) is 38.9 Å². The van der Waals surface area contributed by atoms with Crippen LogP contribution in [0.3, 0.4) is 0 Å². The van der Waals surface area contributed by atoms with E-state index in [4.69, 9.17) is 10.7 Å². The molecule has 0 aliphatic rings. The number of aromatic nitrogens is 1. The summed E-state index contributed by atoms with van der Waals surface area (Å²) in [5, 5.41) is 0. The molecule has 2 nitrogen and oxygen atoms in total. The van der Waals surface area contributed by atoms with Gasteiger partial charge in [-0.25, -0.2) is 0 Å². The molecular formula is C18H24N2. The lowest BCUT2D eigenvalue weighted by Gasteiger charge is -2.21. The van der Waals surface area contributed by atoms with Crippen molar-refractivity contribution in [2.45, 2.75) is 46.1 Å². The van der Waals surface area contributed by atoms with Crippen molar-refractivity contribution in [2.24, 2.45) is 5.73 Å². The second kappa shape index (κ2) is 5.37. The SMILES string of the molecule is Cc1nc(-c2ccc(C(C)C)cc2)ccc1C(C)(C)N. The van der Waals surface area contributed by atoms with Gasteiger partial charge in [-0.2, -0.15) is 0 Å². The summed E-state index contributed by atoms with van der Waals surface area (Å²) < 4.78 is 0. The first-order valence-electron chi connectivity index (χ1n) is 7.16. The van der Waals surface area contributed by atoms with Gasteiger partial charge in [-0.05, 0) is 43.9 Å². The third kappa shape index (κ3) is 3.07. The molecule has 0 spiro atoms. The van der Waals surface area contributed by atoms with Gasteiger partial charge < -0.3 is 5.73 Å². The van der Waals surface area contributed by atoms with E-state index in [1.54, 1.807) is 0 Å². The van der Waals surface area contributed by atoms with Crippen LogP contribution in [0, 0.1) is 6.92 Å². The molecule has 0 atom stereocenters. The van der Waals surface area contributed by atoms with E-state index in [1.807, 2.05) is 20.8 Å². The van der Waals surface area contributed by atoms with Crippen LogP contribution in [0.15, 0.2) is 36.4 Å². The van der Waals surface area contributed by atoms with E-state index < -0.39 is 0 Å². The van der Waals surface area contributed by atoms with E-state index in [1.165, 1.54) is 5.56 Å². The van der Waals surface area contributed by atoms with Crippen LogP contribution >= 0.6 is 0 Å². The average Bonchev–Trinajstić information content (AvgIpc) is 2.37. The Balaban J connectivity index is 2.37. The molecule has 0 aliphatic carbocycles. The van der Waals surface area contributed by atoms with E-state index in [0.29, 0.717) is 5.92 Å². The van der Waals surface area contributed by atoms with Crippen LogP contribution in [0.4, 0.5) is 0 Å². The molecule has 0 amide bonds. The number of pyridine rings is 1. The molecule has 0 radical (unpaired) electrons. The van der Waals surface area contributed by atoms with Gasteiger partial charge in [0.15, 0.2) is 0 Å². The summed E-state index contributed by atoms with van der Waals surface area (Å²) in [5.74, 6) is 0.555. The highest BCUT2D eigenvalue weighted by atomic mass is 14.8. The molecular weight excluding hydrogens is 244 g/mol. The normalized spacial score (nSPS) is 11.9. The maximum Gasteiger partial charge on any atom is 0.0705 e. The molecule has 1 aromatic carbocycles. The maximum atomic E-state index is 6.16. The summed E-state index contributed by atoms with van der Waals surface area (Å²) in [7, 11) is 0. The van der Waals surface area contributed by atoms with Gasteiger partial charge in [-0.3, -0.25) is 4.98 Å². The number of rotatable bonds is 3. The van der Waals surface area contributed by atoms with Crippen LogP contribution in [0.1, 0.15) is 50.4 Å².